The van der Waals surface area contributed by atoms with Crippen molar-refractivity contribution in [3.63, 3.8) is 0 Å². The number of fused-ring (bicyclic) bond motifs is 3. The second-order valence-electron chi connectivity index (χ2n) is 12.7. The first kappa shape index (κ1) is 30.2. The number of aromatic nitrogens is 2. The summed E-state index contributed by atoms with van der Waals surface area (Å²) in [5.74, 6) is 0. The third-order valence-electron chi connectivity index (χ3n) is 9.45. The van der Waals surface area contributed by atoms with Crippen LogP contribution < -0.4 is 4.90 Å². The minimum absolute atomic E-state index is 0.874. The normalized spacial score (nSPS) is 11.1. The van der Waals surface area contributed by atoms with Crippen LogP contribution in [0.2, 0.25) is 0 Å². The molecular weight excluding hydrogens is 619 g/mol. The van der Waals surface area contributed by atoms with Crippen LogP contribution in [0.1, 0.15) is 0 Å². The van der Waals surface area contributed by atoms with Crippen molar-refractivity contribution in [1.82, 2.24) is 9.97 Å². The largest absolute Gasteiger partial charge is 0.310 e. The lowest BCUT2D eigenvalue weighted by Crippen LogP contribution is -2.10. The molecule has 3 nitrogen and oxygen atoms in total. The van der Waals surface area contributed by atoms with E-state index in [2.05, 4.69) is 181 Å². The predicted octanol–water partition coefficient (Wildman–Crippen LogP) is 12.9. The minimum atomic E-state index is 0.874. The lowest BCUT2D eigenvalue weighted by molar-refractivity contribution is 1.28. The summed E-state index contributed by atoms with van der Waals surface area (Å²) in [6, 6.07) is 70.3. The molecule has 1 aromatic heterocycles. The molecule has 0 atom stereocenters. The van der Waals surface area contributed by atoms with Crippen LogP contribution in [0.5, 0.6) is 0 Å². The average molecular weight is 652 g/mol. The van der Waals surface area contributed by atoms with Gasteiger partial charge in [-0.15, -0.1) is 0 Å². The molecule has 9 rings (SSSR count). The van der Waals surface area contributed by atoms with Gasteiger partial charge in [-0.3, -0.25) is 0 Å². The molecule has 3 heteroatoms. The van der Waals surface area contributed by atoms with Gasteiger partial charge in [-0.05, 0) is 70.1 Å². The molecule has 0 saturated carbocycles. The van der Waals surface area contributed by atoms with Gasteiger partial charge in [0.15, 0.2) is 0 Å². The third-order valence-corrected chi connectivity index (χ3v) is 9.45. The SMILES string of the molecule is c1ccc(-c2ccc(N(c3ccc(-c4ccccc4)cc3)c3ccc4c(ccc5nc(-c6ccccc6)c(-c6ccccc6)nc54)c3)cc2)cc1. The highest BCUT2D eigenvalue weighted by Gasteiger charge is 2.17. The fourth-order valence-electron chi connectivity index (χ4n) is 6.88. The van der Waals surface area contributed by atoms with Crippen molar-refractivity contribution >= 4 is 38.9 Å². The van der Waals surface area contributed by atoms with Crippen LogP contribution in [0, 0.1) is 0 Å². The van der Waals surface area contributed by atoms with Crippen molar-refractivity contribution in [1.29, 1.82) is 0 Å². The first-order chi connectivity index (χ1) is 25.3. The number of benzene rings is 8. The van der Waals surface area contributed by atoms with Crippen LogP contribution in [-0.4, -0.2) is 9.97 Å². The fourth-order valence-corrected chi connectivity index (χ4v) is 6.88. The zero-order valence-corrected chi connectivity index (χ0v) is 27.9. The van der Waals surface area contributed by atoms with Gasteiger partial charge in [0, 0.05) is 33.6 Å². The first-order valence-electron chi connectivity index (χ1n) is 17.2. The molecule has 9 aromatic rings. The molecule has 1 heterocycles. The maximum absolute atomic E-state index is 5.34. The van der Waals surface area contributed by atoms with E-state index in [1.54, 1.807) is 0 Å². The lowest BCUT2D eigenvalue weighted by Gasteiger charge is -2.26. The summed E-state index contributed by atoms with van der Waals surface area (Å²) in [7, 11) is 0. The second-order valence-corrected chi connectivity index (χ2v) is 12.7. The van der Waals surface area contributed by atoms with Crippen LogP contribution in [-0.2, 0) is 0 Å². The van der Waals surface area contributed by atoms with Crippen molar-refractivity contribution in [3.05, 3.63) is 200 Å². The van der Waals surface area contributed by atoms with E-state index in [0.717, 1.165) is 61.4 Å². The summed E-state index contributed by atoms with van der Waals surface area (Å²) in [5.41, 5.74) is 13.6. The van der Waals surface area contributed by atoms with E-state index < -0.39 is 0 Å². The molecule has 0 radical (unpaired) electrons. The monoisotopic (exact) mass is 651 g/mol. The van der Waals surface area contributed by atoms with Gasteiger partial charge in [0.05, 0.1) is 22.4 Å². The van der Waals surface area contributed by atoms with Gasteiger partial charge in [-0.25, -0.2) is 9.97 Å². The smallest absolute Gasteiger partial charge is 0.0973 e. The number of hydrogen-bond donors (Lipinski definition) is 0. The molecule has 0 aliphatic carbocycles. The molecule has 0 unspecified atom stereocenters. The van der Waals surface area contributed by atoms with Crippen molar-refractivity contribution in [2.24, 2.45) is 0 Å². The van der Waals surface area contributed by atoms with E-state index in [9.17, 15) is 0 Å². The molecule has 0 saturated heterocycles. The predicted molar refractivity (Wildman–Crippen MR) is 213 cm³/mol. The molecule has 0 bridgehead atoms. The molecule has 51 heavy (non-hydrogen) atoms. The van der Waals surface area contributed by atoms with Crippen LogP contribution in [0.3, 0.4) is 0 Å². The Morgan fingerprint density at radius 3 is 1.22 bits per heavy atom. The number of rotatable bonds is 7. The summed E-state index contributed by atoms with van der Waals surface area (Å²) < 4.78 is 0. The Kier molecular flexibility index (Phi) is 7.84. The molecule has 0 spiro atoms. The second kappa shape index (κ2) is 13.2. The number of hydrogen-bond acceptors (Lipinski definition) is 3. The Labute approximate surface area is 297 Å². The average Bonchev–Trinajstić information content (AvgIpc) is 3.22. The van der Waals surface area contributed by atoms with E-state index in [-0.39, 0.29) is 0 Å². The van der Waals surface area contributed by atoms with Crippen molar-refractivity contribution in [3.8, 4) is 44.8 Å². The minimum Gasteiger partial charge on any atom is -0.310 e. The van der Waals surface area contributed by atoms with Gasteiger partial charge in [0.2, 0.25) is 0 Å². The summed E-state index contributed by atoms with van der Waals surface area (Å²) >= 11 is 0. The van der Waals surface area contributed by atoms with E-state index in [0.29, 0.717) is 0 Å². The number of anilines is 3. The van der Waals surface area contributed by atoms with Crippen LogP contribution in [0.15, 0.2) is 200 Å². The van der Waals surface area contributed by atoms with E-state index in [4.69, 9.17) is 9.97 Å². The van der Waals surface area contributed by atoms with Crippen LogP contribution >= 0.6 is 0 Å². The van der Waals surface area contributed by atoms with Crippen LogP contribution in [0.4, 0.5) is 17.1 Å². The number of nitrogens with zero attached hydrogens (tertiary/aromatic N) is 3. The molecule has 0 fully saturated rings. The maximum atomic E-state index is 5.34. The maximum Gasteiger partial charge on any atom is 0.0973 e. The molecular formula is C48H33N3. The van der Waals surface area contributed by atoms with Crippen molar-refractivity contribution in [2.45, 2.75) is 0 Å². The zero-order valence-electron chi connectivity index (χ0n) is 27.9. The van der Waals surface area contributed by atoms with Crippen LogP contribution in [0.25, 0.3) is 66.6 Å². The van der Waals surface area contributed by atoms with Crippen molar-refractivity contribution in [2.75, 3.05) is 4.90 Å². The molecule has 0 N–H and O–H groups in total. The van der Waals surface area contributed by atoms with Gasteiger partial charge < -0.3 is 4.90 Å². The highest BCUT2D eigenvalue weighted by Crippen LogP contribution is 2.40. The Bertz CT molecular complexity index is 2500. The molecule has 0 aliphatic rings. The summed E-state index contributed by atoms with van der Waals surface area (Å²) in [6.07, 6.45) is 0. The Balaban J connectivity index is 1.18. The third kappa shape index (κ3) is 5.92. The Morgan fingerprint density at radius 2 is 0.725 bits per heavy atom. The van der Waals surface area contributed by atoms with Gasteiger partial charge >= 0.3 is 0 Å². The van der Waals surface area contributed by atoms with Gasteiger partial charge in [0.1, 0.15) is 0 Å². The standard InChI is InChI=1S/C48H33N3/c1-5-13-34(14-6-1)36-21-26-41(27-22-36)51(42-28-23-37(24-29-42)35-15-7-2-8-16-35)43-30-31-44-40(33-43)25-32-45-48(44)50-47(39-19-11-4-12-20-39)46(49-45)38-17-9-3-10-18-38/h1-33H. The first-order valence-corrected chi connectivity index (χ1v) is 17.2. The summed E-state index contributed by atoms with van der Waals surface area (Å²) in [5, 5.41) is 2.17. The molecule has 240 valence electrons. The fraction of sp³-hybridized carbons (Fsp3) is 0. The molecule has 0 aliphatic heterocycles. The lowest BCUT2D eigenvalue weighted by atomic mass is 10.0. The van der Waals surface area contributed by atoms with Gasteiger partial charge in [-0.1, -0.05) is 158 Å². The highest BCUT2D eigenvalue weighted by molar-refractivity contribution is 6.07. The van der Waals surface area contributed by atoms with Crippen molar-refractivity contribution < 1.29 is 0 Å². The van der Waals surface area contributed by atoms with Gasteiger partial charge in [-0.2, -0.15) is 0 Å². The Hall–Kier alpha value is -6.84. The molecule has 8 aromatic carbocycles. The Morgan fingerprint density at radius 1 is 0.314 bits per heavy atom. The van der Waals surface area contributed by atoms with E-state index in [1.165, 1.54) is 22.3 Å². The topological polar surface area (TPSA) is 29.0 Å². The highest BCUT2D eigenvalue weighted by atomic mass is 15.1. The summed E-state index contributed by atoms with van der Waals surface area (Å²) in [6.45, 7) is 0. The van der Waals surface area contributed by atoms with E-state index >= 15 is 0 Å². The van der Waals surface area contributed by atoms with Gasteiger partial charge in [0.25, 0.3) is 0 Å². The van der Waals surface area contributed by atoms with E-state index in [1.807, 2.05) is 24.3 Å². The zero-order chi connectivity index (χ0) is 34.0. The summed E-state index contributed by atoms with van der Waals surface area (Å²) in [4.78, 5) is 12.9. The quantitative estimate of drug-likeness (QED) is 0.161. The molecule has 0 amide bonds.